The van der Waals surface area contributed by atoms with Gasteiger partial charge in [-0.25, -0.2) is 4.39 Å². The first-order valence-electron chi connectivity index (χ1n) is 11.5. The fraction of sp³-hybridized carbons (Fsp3) is 0.400. The van der Waals surface area contributed by atoms with Crippen molar-refractivity contribution in [3.8, 4) is 0 Å². The van der Waals surface area contributed by atoms with E-state index >= 15 is 0 Å². The highest BCUT2D eigenvalue weighted by atomic mass is 19.1. The molecule has 0 atom stereocenters. The van der Waals surface area contributed by atoms with Crippen molar-refractivity contribution in [2.75, 3.05) is 36.5 Å². The van der Waals surface area contributed by atoms with Gasteiger partial charge in [-0.05, 0) is 49.2 Å². The molecule has 3 aliphatic rings. The Labute approximate surface area is 191 Å². The molecular weight excluding hydrogens is 425 g/mol. The summed E-state index contributed by atoms with van der Waals surface area (Å²) < 4.78 is 20.0. The molecule has 0 spiro atoms. The Balaban J connectivity index is 1.32. The van der Waals surface area contributed by atoms with Crippen LogP contribution < -0.4 is 10.2 Å². The summed E-state index contributed by atoms with van der Waals surface area (Å²) in [5.74, 6) is -1.51. The lowest BCUT2D eigenvalue weighted by molar-refractivity contribution is 0.0548. The van der Waals surface area contributed by atoms with E-state index in [1.165, 1.54) is 29.2 Å². The van der Waals surface area contributed by atoms with Crippen molar-refractivity contribution in [3.05, 3.63) is 58.9 Å². The number of hydrogen-bond donors (Lipinski definition) is 1. The topological polar surface area (TPSA) is 79.0 Å². The molecule has 5 rings (SSSR count). The highest BCUT2D eigenvalue weighted by Crippen LogP contribution is 2.32. The Kier molecular flexibility index (Phi) is 5.85. The first-order valence-corrected chi connectivity index (χ1v) is 11.5. The molecule has 1 saturated carbocycles. The average molecular weight is 451 g/mol. The number of anilines is 2. The van der Waals surface area contributed by atoms with E-state index in [2.05, 4.69) is 5.32 Å². The number of morpholine rings is 1. The zero-order valence-electron chi connectivity index (χ0n) is 18.3. The second kappa shape index (κ2) is 8.94. The van der Waals surface area contributed by atoms with Crippen LogP contribution in [0.3, 0.4) is 0 Å². The van der Waals surface area contributed by atoms with Crippen LogP contribution in [0.25, 0.3) is 0 Å². The molecule has 0 bridgehead atoms. The summed E-state index contributed by atoms with van der Waals surface area (Å²) in [6.45, 7) is 2.33. The SMILES string of the molecule is O=C(Nc1ccc(N2CCOCC2)c(F)c1)c1ccc2c(c1)C(=O)N(C1CCCCC1)C2=O. The van der Waals surface area contributed by atoms with E-state index in [-0.39, 0.29) is 29.0 Å². The molecule has 1 N–H and O–H groups in total. The molecular formula is C25H26FN3O4. The third kappa shape index (κ3) is 4.11. The molecule has 1 saturated heterocycles. The van der Waals surface area contributed by atoms with E-state index in [0.717, 1.165) is 32.1 Å². The fourth-order valence-electron chi connectivity index (χ4n) is 4.92. The van der Waals surface area contributed by atoms with Gasteiger partial charge in [-0.15, -0.1) is 0 Å². The summed E-state index contributed by atoms with van der Waals surface area (Å²) in [6.07, 6.45) is 4.78. The minimum atomic E-state index is -0.465. The first-order chi connectivity index (χ1) is 16.0. The highest BCUT2D eigenvalue weighted by Gasteiger charge is 2.40. The van der Waals surface area contributed by atoms with Crippen molar-refractivity contribution in [3.63, 3.8) is 0 Å². The number of fused-ring (bicyclic) bond motifs is 1. The van der Waals surface area contributed by atoms with Crippen molar-refractivity contribution in [2.45, 2.75) is 38.1 Å². The zero-order chi connectivity index (χ0) is 22.9. The molecule has 0 unspecified atom stereocenters. The Hall–Kier alpha value is -3.26. The molecule has 3 amide bonds. The maximum Gasteiger partial charge on any atom is 0.261 e. The zero-order valence-corrected chi connectivity index (χ0v) is 18.3. The number of nitrogens with one attached hydrogen (secondary N) is 1. The Morgan fingerprint density at radius 2 is 1.67 bits per heavy atom. The van der Waals surface area contributed by atoms with Crippen molar-refractivity contribution in [1.29, 1.82) is 0 Å². The van der Waals surface area contributed by atoms with Crippen molar-refractivity contribution in [2.24, 2.45) is 0 Å². The second-order valence-electron chi connectivity index (χ2n) is 8.75. The van der Waals surface area contributed by atoms with Gasteiger partial charge in [0.15, 0.2) is 0 Å². The molecule has 1 aliphatic carbocycles. The lowest BCUT2D eigenvalue weighted by Gasteiger charge is -2.29. The number of rotatable bonds is 4. The second-order valence-corrected chi connectivity index (χ2v) is 8.75. The van der Waals surface area contributed by atoms with Gasteiger partial charge >= 0.3 is 0 Å². The van der Waals surface area contributed by atoms with Gasteiger partial charge in [0.1, 0.15) is 5.82 Å². The Morgan fingerprint density at radius 3 is 2.39 bits per heavy atom. The number of halogens is 1. The third-order valence-electron chi connectivity index (χ3n) is 6.68. The summed E-state index contributed by atoms with van der Waals surface area (Å²) >= 11 is 0. The molecule has 2 aromatic carbocycles. The number of imide groups is 1. The lowest BCUT2D eigenvalue weighted by Crippen LogP contribution is -2.40. The van der Waals surface area contributed by atoms with E-state index in [9.17, 15) is 18.8 Å². The van der Waals surface area contributed by atoms with Crippen LogP contribution in [-0.2, 0) is 4.74 Å². The van der Waals surface area contributed by atoms with Crippen molar-refractivity contribution >= 4 is 29.1 Å². The van der Waals surface area contributed by atoms with Crippen LogP contribution in [0.4, 0.5) is 15.8 Å². The third-order valence-corrected chi connectivity index (χ3v) is 6.68. The largest absolute Gasteiger partial charge is 0.378 e. The molecule has 0 radical (unpaired) electrons. The first kappa shape index (κ1) is 21.6. The average Bonchev–Trinajstić information content (AvgIpc) is 3.09. The number of nitrogens with zero attached hydrogens (tertiary/aromatic N) is 2. The number of hydrogen-bond acceptors (Lipinski definition) is 5. The monoisotopic (exact) mass is 451 g/mol. The molecule has 2 heterocycles. The molecule has 2 fully saturated rings. The van der Waals surface area contributed by atoms with Gasteiger partial charge in [0.2, 0.25) is 0 Å². The van der Waals surface area contributed by atoms with E-state index in [1.807, 2.05) is 4.90 Å². The standard InChI is InChI=1S/C25H26FN3O4/c26-21-15-17(7-9-22(21)28-10-12-33-13-11-28)27-23(30)16-6-8-19-20(14-16)25(32)29(24(19)31)18-4-2-1-3-5-18/h6-9,14-15,18H,1-5,10-13H2,(H,27,30). The van der Waals surface area contributed by atoms with Crippen LogP contribution in [0.2, 0.25) is 0 Å². The van der Waals surface area contributed by atoms with Crippen LogP contribution >= 0.6 is 0 Å². The molecule has 8 heteroatoms. The van der Waals surface area contributed by atoms with Crippen molar-refractivity contribution in [1.82, 2.24) is 4.90 Å². The van der Waals surface area contributed by atoms with Gasteiger partial charge in [-0.1, -0.05) is 19.3 Å². The smallest absolute Gasteiger partial charge is 0.261 e. The Morgan fingerprint density at radius 1 is 0.939 bits per heavy atom. The van der Waals surface area contributed by atoms with Gasteiger partial charge in [0.25, 0.3) is 17.7 Å². The van der Waals surface area contributed by atoms with Crippen LogP contribution in [-0.4, -0.2) is 55.0 Å². The summed E-state index contributed by atoms with van der Waals surface area (Å²) in [5.41, 5.74) is 1.63. The maximum atomic E-state index is 14.7. The number of benzene rings is 2. The van der Waals surface area contributed by atoms with Crippen LogP contribution in [0.5, 0.6) is 0 Å². The number of carbonyl (C=O) groups is 3. The predicted octanol–water partition coefficient (Wildman–Crippen LogP) is 3.84. The maximum absolute atomic E-state index is 14.7. The van der Waals surface area contributed by atoms with Gasteiger partial charge in [-0.2, -0.15) is 0 Å². The predicted molar refractivity (Wildman–Crippen MR) is 121 cm³/mol. The minimum Gasteiger partial charge on any atom is -0.378 e. The van der Waals surface area contributed by atoms with Gasteiger partial charge in [0.05, 0.1) is 30.0 Å². The summed E-state index contributed by atoms with van der Waals surface area (Å²) in [6, 6.07) is 9.04. The van der Waals surface area contributed by atoms with Crippen molar-refractivity contribution < 1.29 is 23.5 Å². The fourth-order valence-corrected chi connectivity index (χ4v) is 4.92. The lowest BCUT2D eigenvalue weighted by atomic mass is 9.94. The molecule has 172 valence electrons. The highest BCUT2D eigenvalue weighted by molar-refractivity contribution is 6.22. The molecule has 2 aromatic rings. The van der Waals surface area contributed by atoms with E-state index in [1.54, 1.807) is 12.1 Å². The van der Waals surface area contributed by atoms with Crippen LogP contribution in [0, 0.1) is 5.82 Å². The minimum absolute atomic E-state index is 0.0728. The van der Waals surface area contributed by atoms with Gasteiger partial charge in [0, 0.05) is 30.4 Å². The van der Waals surface area contributed by atoms with Crippen LogP contribution in [0.1, 0.15) is 63.2 Å². The summed E-state index contributed by atoms with van der Waals surface area (Å²) in [7, 11) is 0. The van der Waals surface area contributed by atoms with Gasteiger partial charge in [-0.3, -0.25) is 19.3 Å². The quantitative estimate of drug-likeness (QED) is 0.715. The Bertz CT molecular complexity index is 1110. The molecule has 2 aliphatic heterocycles. The van der Waals surface area contributed by atoms with E-state index < -0.39 is 11.7 Å². The number of ether oxygens (including phenoxy) is 1. The van der Waals surface area contributed by atoms with Crippen LogP contribution in [0.15, 0.2) is 36.4 Å². The molecule has 33 heavy (non-hydrogen) atoms. The summed E-state index contributed by atoms with van der Waals surface area (Å²) in [4.78, 5) is 41.9. The van der Waals surface area contributed by atoms with E-state index in [4.69, 9.17) is 4.74 Å². The van der Waals surface area contributed by atoms with Gasteiger partial charge < -0.3 is 15.0 Å². The molecule has 0 aromatic heterocycles. The van der Waals surface area contributed by atoms with E-state index in [0.29, 0.717) is 43.2 Å². The normalized spacial score (nSPS) is 19.1. The number of carbonyl (C=O) groups excluding carboxylic acids is 3. The molecule has 7 nitrogen and oxygen atoms in total. The summed E-state index contributed by atoms with van der Waals surface area (Å²) in [5, 5.41) is 2.69. The number of amides is 3.